The topological polar surface area (TPSA) is 99.1 Å². The molecule has 0 fully saturated rings. The van der Waals surface area contributed by atoms with Gasteiger partial charge in [0.25, 0.3) is 0 Å². The molecule has 42 heavy (non-hydrogen) atoms. The van der Waals surface area contributed by atoms with E-state index >= 15 is 0 Å². The quantitative estimate of drug-likeness (QED) is 0.140. The van der Waals surface area contributed by atoms with Gasteiger partial charge in [-0.25, -0.2) is 0 Å². The van der Waals surface area contributed by atoms with Crippen molar-refractivity contribution in [2.24, 2.45) is 0 Å². The summed E-state index contributed by atoms with van der Waals surface area (Å²) in [5.41, 5.74) is 2.02. The van der Waals surface area contributed by atoms with E-state index in [1.807, 2.05) is 48.5 Å². The molecule has 1 unspecified atom stereocenters. The molecule has 0 aliphatic heterocycles. The minimum absolute atomic E-state index is 0. The monoisotopic (exact) mass is 598 g/mol. The molecule has 3 aromatic rings. The first-order chi connectivity index (χ1) is 20.0. The molecule has 0 radical (unpaired) electrons. The third-order valence-electron chi connectivity index (χ3n) is 6.44. The number of aliphatic hydroxyl groups excluding tert-OH is 2. The van der Waals surface area contributed by atoms with Gasteiger partial charge in [0.2, 0.25) is 0 Å². The average molecular weight is 599 g/mol. The normalized spacial score (nSPS) is 11.2. The molecule has 218 valence electrons. The van der Waals surface area contributed by atoms with Gasteiger partial charge in [0.05, 0.1) is 12.6 Å². The number of carboxylic acid groups (broad SMARTS) is 1. The van der Waals surface area contributed by atoms with Gasteiger partial charge in [-0.2, -0.15) is 0 Å². The van der Waals surface area contributed by atoms with Crippen LogP contribution in [0.4, 0.5) is 0 Å². The summed E-state index contributed by atoms with van der Waals surface area (Å²) in [6.45, 7) is 3.85. The number of ether oxygens (including phenoxy) is 2. The second kappa shape index (κ2) is 20.6. The number of carbonyl (C=O) groups is 1. The molecule has 3 rings (SSSR count). The minimum atomic E-state index is -1.27. The minimum Gasteiger partial charge on any atom is -0.545 e. The maximum atomic E-state index is 12.1. The molecular formula is C34H39NaO6S. The van der Waals surface area contributed by atoms with Gasteiger partial charge in [0.15, 0.2) is 0 Å². The molecule has 0 spiro atoms. The number of rotatable bonds is 17. The first-order valence-corrected chi connectivity index (χ1v) is 15.1. The molecule has 0 saturated carbocycles. The zero-order chi connectivity index (χ0) is 29.3. The number of benzene rings is 3. The van der Waals surface area contributed by atoms with Crippen LogP contribution in [0.3, 0.4) is 0 Å². The summed E-state index contributed by atoms with van der Waals surface area (Å²) in [5, 5.41) is 31.7. The fraction of sp³-hybridized carbons (Fsp3) is 0.382. The van der Waals surface area contributed by atoms with Crippen molar-refractivity contribution in [2.45, 2.75) is 67.8 Å². The average Bonchev–Trinajstić information content (AvgIpc) is 2.99. The van der Waals surface area contributed by atoms with Crippen molar-refractivity contribution in [1.82, 2.24) is 0 Å². The third-order valence-corrected chi connectivity index (χ3v) is 7.53. The van der Waals surface area contributed by atoms with Crippen LogP contribution in [0.5, 0.6) is 5.75 Å². The van der Waals surface area contributed by atoms with Gasteiger partial charge in [-0.05, 0) is 66.8 Å². The Hall–Kier alpha value is -2.28. The van der Waals surface area contributed by atoms with E-state index in [0.717, 1.165) is 55.6 Å². The molecular weight excluding hydrogens is 559 g/mol. The van der Waals surface area contributed by atoms with E-state index in [-0.39, 0.29) is 48.3 Å². The number of aromatic carboxylic acids is 1. The first-order valence-electron chi connectivity index (χ1n) is 14.2. The standard InChI is InChI=1S/C34H40O6S.Na/c1-2-3-24-40-27-16-18-28(19-17-27)41-33-20-15-26(25-31(33)34(37)38)29-12-7-8-13-30(29)32(36)14-11-23-39-22-10-6-4-5-9-21-35;/h7-8,12-13,15-20,25,32,35-36H,2-6,9-10,21-24H2,1H3,(H,37,38);/q;+1/p-1. The fourth-order valence-corrected chi connectivity index (χ4v) is 5.11. The van der Waals surface area contributed by atoms with Crippen molar-refractivity contribution in [2.75, 3.05) is 26.4 Å². The predicted octanol–water partition coefficient (Wildman–Crippen LogP) is 3.05. The Balaban J connectivity index is 0.00000616. The molecule has 8 heteroatoms. The molecule has 0 aliphatic carbocycles. The van der Waals surface area contributed by atoms with Gasteiger partial charge in [-0.3, -0.25) is 0 Å². The summed E-state index contributed by atoms with van der Waals surface area (Å²) in [6, 6.07) is 20.1. The summed E-state index contributed by atoms with van der Waals surface area (Å²) >= 11 is 1.35. The van der Waals surface area contributed by atoms with E-state index < -0.39 is 12.1 Å². The Morgan fingerprint density at radius 3 is 2.43 bits per heavy atom. The van der Waals surface area contributed by atoms with E-state index in [0.29, 0.717) is 34.8 Å². The fourth-order valence-electron chi connectivity index (χ4n) is 4.20. The number of carboxylic acids is 1. The predicted molar refractivity (Wildman–Crippen MR) is 161 cm³/mol. The largest absolute Gasteiger partial charge is 1.00 e. The van der Waals surface area contributed by atoms with Crippen LogP contribution in [0.1, 0.15) is 73.9 Å². The SMILES string of the molecule is CCCCOc1ccc(Sc2ccc(-c3ccccc3C(O)C#CCOCCCCCCCO)cc2C(=O)[O-])cc1.[Na+]. The van der Waals surface area contributed by atoms with E-state index in [1.54, 1.807) is 18.2 Å². The Morgan fingerprint density at radius 2 is 1.69 bits per heavy atom. The summed E-state index contributed by atoms with van der Waals surface area (Å²) in [7, 11) is 0. The van der Waals surface area contributed by atoms with Gasteiger partial charge in [0, 0.05) is 34.1 Å². The molecule has 0 heterocycles. The number of hydrogen-bond donors (Lipinski definition) is 2. The van der Waals surface area contributed by atoms with Gasteiger partial charge in [-0.1, -0.05) is 86.5 Å². The molecule has 0 aromatic heterocycles. The Morgan fingerprint density at radius 1 is 0.952 bits per heavy atom. The van der Waals surface area contributed by atoms with Crippen LogP contribution in [0.2, 0.25) is 0 Å². The Bertz CT molecular complexity index is 1290. The molecule has 0 amide bonds. The Labute approximate surface area is 276 Å². The first kappa shape index (κ1) is 35.9. The van der Waals surface area contributed by atoms with Crippen molar-refractivity contribution < 1.29 is 59.1 Å². The van der Waals surface area contributed by atoms with Gasteiger partial charge >= 0.3 is 29.6 Å². The van der Waals surface area contributed by atoms with Crippen molar-refractivity contribution in [3.63, 3.8) is 0 Å². The van der Waals surface area contributed by atoms with Crippen molar-refractivity contribution in [3.8, 4) is 28.7 Å². The molecule has 2 N–H and O–H groups in total. The smallest absolute Gasteiger partial charge is 0.545 e. The van der Waals surface area contributed by atoms with Gasteiger partial charge in [-0.15, -0.1) is 0 Å². The maximum absolute atomic E-state index is 12.1. The third kappa shape index (κ3) is 12.1. The molecule has 1 atom stereocenters. The summed E-state index contributed by atoms with van der Waals surface area (Å²) in [6.07, 6.45) is 5.94. The summed E-state index contributed by atoms with van der Waals surface area (Å²) < 4.78 is 11.3. The maximum Gasteiger partial charge on any atom is 1.00 e. The van der Waals surface area contributed by atoms with Crippen molar-refractivity contribution >= 4 is 17.7 Å². The van der Waals surface area contributed by atoms with E-state index in [9.17, 15) is 15.0 Å². The van der Waals surface area contributed by atoms with Crippen LogP contribution < -0.4 is 39.4 Å². The van der Waals surface area contributed by atoms with Crippen LogP contribution >= 0.6 is 11.8 Å². The van der Waals surface area contributed by atoms with Crippen LogP contribution in [-0.4, -0.2) is 42.6 Å². The Kier molecular flexibility index (Phi) is 17.6. The molecule has 3 aromatic carbocycles. The van der Waals surface area contributed by atoms with Crippen molar-refractivity contribution in [1.29, 1.82) is 0 Å². The van der Waals surface area contributed by atoms with E-state index in [2.05, 4.69) is 18.8 Å². The molecule has 6 nitrogen and oxygen atoms in total. The molecule has 0 saturated heterocycles. The van der Waals surface area contributed by atoms with E-state index in [4.69, 9.17) is 14.6 Å². The van der Waals surface area contributed by atoms with Crippen molar-refractivity contribution in [3.05, 3.63) is 77.9 Å². The number of carbonyl (C=O) groups excluding carboxylic acids is 1. The summed E-state index contributed by atoms with van der Waals surface area (Å²) in [5.74, 6) is 5.24. The second-order valence-corrected chi connectivity index (χ2v) is 10.7. The van der Waals surface area contributed by atoms with Gasteiger partial charge < -0.3 is 29.6 Å². The number of hydrogen-bond acceptors (Lipinski definition) is 7. The van der Waals surface area contributed by atoms with Crippen LogP contribution in [-0.2, 0) is 4.74 Å². The zero-order valence-corrected chi connectivity index (χ0v) is 27.5. The van der Waals surface area contributed by atoms with E-state index in [1.165, 1.54) is 11.8 Å². The number of unbranched alkanes of at least 4 members (excludes halogenated alkanes) is 5. The van der Waals surface area contributed by atoms with Crippen LogP contribution in [0.15, 0.2) is 76.5 Å². The second-order valence-electron chi connectivity index (χ2n) is 9.63. The van der Waals surface area contributed by atoms with Gasteiger partial charge in [0.1, 0.15) is 18.5 Å². The molecule has 0 bridgehead atoms. The summed E-state index contributed by atoms with van der Waals surface area (Å²) in [4.78, 5) is 13.5. The zero-order valence-electron chi connectivity index (χ0n) is 24.6. The van der Waals surface area contributed by atoms with Crippen LogP contribution in [0.25, 0.3) is 11.1 Å². The van der Waals surface area contributed by atoms with Crippen LogP contribution in [0, 0.1) is 11.8 Å². The number of aliphatic hydroxyl groups is 2. The molecule has 0 aliphatic rings.